The van der Waals surface area contributed by atoms with E-state index in [-0.39, 0.29) is 38.6 Å². The summed E-state index contributed by atoms with van der Waals surface area (Å²) in [6.45, 7) is 27.1. The number of alkyl carbamates (subject to hydrolysis) is 3. The summed E-state index contributed by atoms with van der Waals surface area (Å²) >= 11 is 0. The zero-order valence-corrected chi connectivity index (χ0v) is 48.9. The van der Waals surface area contributed by atoms with Crippen molar-refractivity contribution in [1.29, 1.82) is 0 Å². The first-order valence-electron chi connectivity index (χ1n) is 26.8. The molecule has 9 N–H and O–H groups in total. The van der Waals surface area contributed by atoms with Crippen LogP contribution in [0.15, 0.2) is 11.8 Å². The highest BCUT2D eigenvalue weighted by molar-refractivity contribution is 5.86. The number of carbonyl (C=O) groups is 6. The predicted molar refractivity (Wildman–Crippen MR) is 280 cm³/mol. The second-order valence-electron chi connectivity index (χ2n) is 26.0. The molecule has 448 valence electrons. The van der Waals surface area contributed by atoms with E-state index in [1.54, 1.807) is 110 Å². The number of carbonyl (C=O) groups excluding carboxylic acids is 6. The van der Waals surface area contributed by atoms with Crippen molar-refractivity contribution in [2.45, 2.75) is 250 Å². The average molecular weight is 1120 g/mol. The predicted octanol–water partition coefficient (Wildman–Crippen LogP) is 3.50. The van der Waals surface area contributed by atoms with Crippen LogP contribution in [0, 0.1) is 5.92 Å². The van der Waals surface area contributed by atoms with Crippen LogP contribution in [-0.2, 0) is 52.2 Å². The van der Waals surface area contributed by atoms with Crippen LogP contribution in [0.3, 0.4) is 0 Å². The summed E-state index contributed by atoms with van der Waals surface area (Å²) in [5, 5.41) is 62.3. The first kappa shape index (κ1) is 65.8. The van der Waals surface area contributed by atoms with Gasteiger partial charge in [0.1, 0.15) is 69.4 Å². The Labute approximate surface area is 459 Å². The van der Waals surface area contributed by atoms with Gasteiger partial charge in [-0.25, -0.2) is 19.2 Å². The molecule has 0 aromatic heterocycles. The Morgan fingerprint density at radius 3 is 1.71 bits per heavy atom. The molecule has 0 bridgehead atoms. The van der Waals surface area contributed by atoms with Gasteiger partial charge in [-0.3, -0.25) is 9.59 Å². The topological polar surface area (TPSA) is 330 Å². The lowest BCUT2D eigenvalue weighted by molar-refractivity contribution is -0.311. The number of ether oxygens (including phenoxy) is 9. The summed E-state index contributed by atoms with van der Waals surface area (Å²) in [5.74, 6) is -1.45. The molecule has 3 fully saturated rings. The lowest BCUT2D eigenvalue weighted by atomic mass is 9.68. The highest BCUT2D eigenvalue weighted by atomic mass is 16.7. The maximum absolute atomic E-state index is 14.3. The van der Waals surface area contributed by atoms with Gasteiger partial charge in [0, 0.05) is 20.0 Å². The minimum Gasteiger partial charge on any atom is -0.466 e. The van der Waals surface area contributed by atoms with Crippen molar-refractivity contribution >= 4 is 36.2 Å². The van der Waals surface area contributed by atoms with E-state index >= 15 is 0 Å². The number of likely N-dealkylation sites (N-methyl/N-ethyl adjacent to an activating group) is 1. The normalized spacial score (nSPS) is 30.7. The molecule has 0 unspecified atom stereocenters. The van der Waals surface area contributed by atoms with E-state index in [1.165, 1.54) is 14.0 Å². The van der Waals surface area contributed by atoms with Crippen LogP contribution in [0.25, 0.3) is 0 Å². The number of hydrogen-bond acceptors (Lipinski definition) is 20. The van der Waals surface area contributed by atoms with Gasteiger partial charge in [0.15, 0.2) is 6.29 Å². The monoisotopic (exact) mass is 1120 g/mol. The number of rotatable bonds is 17. The second kappa shape index (κ2) is 25.8. The van der Waals surface area contributed by atoms with Gasteiger partial charge in [0.05, 0.1) is 37.3 Å². The number of esters is 1. The zero-order valence-electron chi connectivity index (χ0n) is 48.9. The first-order chi connectivity index (χ1) is 35.5. The maximum Gasteiger partial charge on any atom is 0.410 e. The Kier molecular flexibility index (Phi) is 21.7. The van der Waals surface area contributed by atoms with E-state index in [9.17, 15) is 49.2 Å². The minimum atomic E-state index is -1.99. The fraction of sp³-hybridized carbons (Fsp3) is 0.849. The number of hydrogen-bond donors (Lipinski definition) is 9. The van der Waals surface area contributed by atoms with Crippen molar-refractivity contribution < 1.29 is 91.8 Å². The van der Waals surface area contributed by atoms with E-state index < -0.39 is 149 Å². The summed E-state index contributed by atoms with van der Waals surface area (Å²) in [6, 6.07) is -5.02. The van der Waals surface area contributed by atoms with Crippen molar-refractivity contribution in [3.8, 4) is 0 Å². The highest BCUT2D eigenvalue weighted by Gasteiger charge is 2.57. The van der Waals surface area contributed by atoms with Gasteiger partial charge in [-0.1, -0.05) is 0 Å². The van der Waals surface area contributed by atoms with Crippen molar-refractivity contribution in [3.63, 3.8) is 0 Å². The SMILES string of the molecule is CN(C(=O)OC(C)(C)C)[C@@H]1[C@@H](O)[C@@H](O[C@@H]2[C@@H](O)[C@H](O[C@H]3OC(CNCCCNC(=O)OC(C)(C)C)=CC[C@H]3NC(=O)OC(C)(C)C)[C@@H](NC(=O)OC(C)(C)C)C[C@H]2NC(=O)C2(O)CC(CC(=O)OC(C)(C)C)C2)OC[C@]1(C)O. The molecular weight excluding hydrogens is 1020 g/mol. The quantitative estimate of drug-likeness (QED) is 0.0572. The fourth-order valence-electron chi connectivity index (χ4n) is 9.32. The Morgan fingerprint density at radius 1 is 0.667 bits per heavy atom. The Morgan fingerprint density at radius 2 is 1.17 bits per heavy atom. The number of nitrogens with zero attached hydrogens (tertiary/aromatic N) is 1. The lowest BCUT2D eigenvalue weighted by Gasteiger charge is -2.51. The number of nitrogens with one attached hydrogen (secondary N) is 5. The molecule has 2 aliphatic heterocycles. The van der Waals surface area contributed by atoms with Gasteiger partial charge in [0.25, 0.3) is 5.91 Å². The molecule has 11 atom stereocenters. The Balaban J connectivity index is 1.72. The molecule has 2 heterocycles. The van der Waals surface area contributed by atoms with Gasteiger partial charge in [-0.05, 0) is 161 Å². The summed E-state index contributed by atoms with van der Waals surface area (Å²) in [4.78, 5) is 80.6. The van der Waals surface area contributed by atoms with Crippen LogP contribution in [0.4, 0.5) is 19.2 Å². The fourth-order valence-corrected chi connectivity index (χ4v) is 9.32. The van der Waals surface area contributed by atoms with Crippen molar-refractivity contribution in [3.05, 3.63) is 11.8 Å². The molecule has 5 amide bonds. The Bertz CT molecular complexity index is 2100. The van der Waals surface area contributed by atoms with Gasteiger partial charge < -0.3 is 94.5 Å². The molecule has 0 aromatic rings. The molecule has 25 heteroatoms. The number of aliphatic hydroxyl groups excluding tert-OH is 2. The van der Waals surface area contributed by atoms with E-state index in [0.717, 1.165) is 4.90 Å². The molecule has 0 spiro atoms. The summed E-state index contributed by atoms with van der Waals surface area (Å²) < 4.78 is 53.0. The smallest absolute Gasteiger partial charge is 0.410 e. The first-order valence-corrected chi connectivity index (χ1v) is 26.8. The minimum absolute atomic E-state index is 0.0610. The third-order valence-corrected chi connectivity index (χ3v) is 12.4. The van der Waals surface area contributed by atoms with Crippen molar-refractivity contribution in [2.24, 2.45) is 5.92 Å². The van der Waals surface area contributed by atoms with Crippen LogP contribution in [0.5, 0.6) is 0 Å². The van der Waals surface area contributed by atoms with Crippen LogP contribution < -0.4 is 26.6 Å². The van der Waals surface area contributed by atoms with Gasteiger partial charge in [0.2, 0.25) is 6.29 Å². The average Bonchev–Trinajstić information content (AvgIpc) is 3.22. The molecule has 2 aliphatic carbocycles. The zero-order chi connectivity index (χ0) is 59.1. The van der Waals surface area contributed by atoms with Crippen molar-refractivity contribution in [1.82, 2.24) is 31.5 Å². The summed E-state index contributed by atoms with van der Waals surface area (Å²) in [5.41, 5.74) is -8.17. The molecule has 0 aromatic carbocycles. The van der Waals surface area contributed by atoms with E-state index in [1.807, 2.05) is 0 Å². The summed E-state index contributed by atoms with van der Waals surface area (Å²) in [7, 11) is 1.32. The third-order valence-electron chi connectivity index (χ3n) is 12.4. The van der Waals surface area contributed by atoms with E-state index in [4.69, 9.17) is 42.6 Å². The molecular formula is C53H92N6O19. The van der Waals surface area contributed by atoms with Gasteiger partial charge in [-0.15, -0.1) is 0 Å². The molecule has 2 saturated carbocycles. The summed E-state index contributed by atoms with van der Waals surface area (Å²) in [6.07, 6.45) is -11.6. The molecule has 0 radical (unpaired) electrons. The lowest BCUT2D eigenvalue weighted by Crippen LogP contribution is -2.71. The molecule has 4 aliphatic rings. The third kappa shape index (κ3) is 20.7. The largest absolute Gasteiger partial charge is 0.466 e. The van der Waals surface area contributed by atoms with Crippen LogP contribution >= 0.6 is 0 Å². The Hall–Kier alpha value is -4.76. The van der Waals surface area contributed by atoms with Crippen LogP contribution in [0.1, 0.15) is 149 Å². The molecule has 4 rings (SSSR count). The van der Waals surface area contributed by atoms with Crippen LogP contribution in [0.2, 0.25) is 0 Å². The second-order valence-corrected chi connectivity index (χ2v) is 26.0. The van der Waals surface area contributed by atoms with E-state index in [2.05, 4.69) is 26.6 Å². The van der Waals surface area contributed by atoms with Crippen molar-refractivity contribution in [2.75, 3.05) is 33.3 Å². The maximum atomic E-state index is 14.3. The standard InChI is InChI=1S/C53H92N6O19/c1-47(2,3)74-34(60)23-29-25-53(69,26-29)42(63)56-32-24-33(58-45(66)77-50(10,11)12)38(35(61)37(32)73-41-36(62)39(52(16,68)28-70-41)59(17)46(67)78-51(13,14)15)72-40-31(57-44(65)76-49(7,8)9)20-19-30(71-40)27-54-21-18-22-55-43(64)75-48(4,5)6/h19,29,31-33,35-41,54,61-62,68-69H,18,20-28H2,1-17H3,(H,55,64)(H,56,63)(H,57,65)(H,58,66)/t29?,31-,32-,33+,35-,36-,37+,38-,39-,40-,41-,52+,53?/m1/s1. The van der Waals surface area contributed by atoms with E-state index in [0.29, 0.717) is 25.3 Å². The highest BCUT2D eigenvalue weighted by Crippen LogP contribution is 2.42. The molecule has 25 nitrogen and oxygen atoms in total. The molecule has 78 heavy (non-hydrogen) atoms. The van der Waals surface area contributed by atoms with Crippen LogP contribution in [-0.4, -0.2) is 195 Å². The van der Waals surface area contributed by atoms with Gasteiger partial charge in [-0.2, -0.15) is 0 Å². The van der Waals surface area contributed by atoms with Gasteiger partial charge >= 0.3 is 30.3 Å². The number of amides is 5. The molecule has 1 saturated heterocycles. The number of aliphatic hydroxyl groups is 4.